The zero-order chi connectivity index (χ0) is 12.8. The fourth-order valence-corrected chi connectivity index (χ4v) is 2.40. The summed E-state index contributed by atoms with van der Waals surface area (Å²) >= 11 is 0. The summed E-state index contributed by atoms with van der Waals surface area (Å²) in [4.78, 5) is 0. The summed E-state index contributed by atoms with van der Waals surface area (Å²) in [6.45, 7) is 5.86. The Hall–Kier alpha value is -1.19. The molecule has 0 saturated heterocycles. The minimum atomic E-state index is -0.0703. The quantitative estimate of drug-likeness (QED) is 0.592. The molecule has 1 aliphatic rings. The van der Waals surface area contributed by atoms with Crippen LogP contribution in [0.2, 0.25) is 0 Å². The topological polar surface area (TPSA) is 21.3 Å². The Balaban J connectivity index is 1.76. The average Bonchev–Trinajstić information content (AvgIpc) is 2.79. The SMILES string of the molecule is C=CCCOCCNC1CCc2c(F)cccc21. The number of nitrogens with one attached hydrogen (secondary N) is 1. The second-order valence-electron chi connectivity index (χ2n) is 4.54. The molecule has 1 aliphatic carbocycles. The van der Waals surface area contributed by atoms with Crippen molar-refractivity contribution in [2.45, 2.75) is 25.3 Å². The van der Waals surface area contributed by atoms with Gasteiger partial charge in [-0.2, -0.15) is 0 Å². The van der Waals surface area contributed by atoms with Gasteiger partial charge in [0, 0.05) is 12.6 Å². The molecular formula is C15H20FNO. The van der Waals surface area contributed by atoms with Gasteiger partial charge in [-0.25, -0.2) is 4.39 Å². The van der Waals surface area contributed by atoms with Crippen LogP contribution >= 0.6 is 0 Å². The van der Waals surface area contributed by atoms with Crippen LogP contribution in [-0.2, 0) is 11.2 Å². The maximum atomic E-state index is 13.5. The first-order chi connectivity index (χ1) is 8.83. The Labute approximate surface area is 108 Å². The predicted molar refractivity (Wildman–Crippen MR) is 71.1 cm³/mol. The van der Waals surface area contributed by atoms with E-state index >= 15 is 0 Å². The monoisotopic (exact) mass is 249 g/mol. The molecule has 0 saturated carbocycles. The van der Waals surface area contributed by atoms with Crippen LogP contribution in [0.4, 0.5) is 4.39 Å². The number of fused-ring (bicyclic) bond motifs is 1. The fourth-order valence-electron chi connectivity index (χ4n) is 2.40. The summed E-state index contributed by atoms with van der Waals surface area (Å²) in [6.07, 6.45) is 4.54. The van der Waals surface area contributed by atoms with Gasteiger partial charge in [0.05, 0.1) is 13.2 Å². The van der Waals surface area contributed by atoms with Crippen molar-refractivity contribution in [3.63, 3.8) is 0 Å². The molecule has 0 aromatic heterocycles. The van der Waals surface area contributed by atoms with Crippen LogP contribution in [0, 0.1) is 5.82 Å². The van der Waals surface area contributed by atoms with Gasteiger partial charge in [0.25, 0.3) is 0 Å². The molecule has 0 bridgehead atoms. The first-order valence-electron chi connectivity index (χ1n) is 6.52. The second-order valence-corrected chi connectivity index (χ2v) is 4.54. The predicted octanol–water partition coefficient (Wildman–Crippen LogP) is 3.00. The molecule has 1 N–H and O–H groups in total. The average molecular weight is 249 g/mol. The second kappa shape index (κ2) is 6.66. The lowest BCUT2D eigenvalue weighted by atomic mass is 10.1. The molecule has 3 heteroatoms. The highest BCUT2D eigenvalue weighted by atomic mass is 19.1. The molecule has 0 aliphatic heterocycles. The first kappa shape index (κ1) is 13.2. The van der Waals surface area contributed by atoms with E-state index < -0.39 is 0 Å². The highest BCUT2D eigenvalue weighted by Gasteiger charge is 2.23. The molecule has 0 spiro atoms. The van der Waals surface area contributed by atoms with E-state index in [0.29, 0.717) is 6.61 Å². The Kier molecular flexibility index (Phi) is 4.90. The van der Waals surface area contributed by atoms with E-state index in [4.69, 9.17) is 4.74 Å². The Morgan fingerprint density at radius 1 is 1.44 bits per heavy atom. The van der Waals surface area contributed by atoms with Gasteiger partial charge < -0.3 is 10.1 Å². The zero-order valence-electron chi connectivity index (χ0n) is 10.6. The maximum absolute atomic E-state index is 13.5. The molecule has 0 heterocycles. The van der Waals surface area contributed by atoms with Gasteiger partial charge in [-0.15, -0.1) is 6.58 Å². The largest absolute Gasteiger partial charge is 0.380 e. The molecule has 1 atom stereocenters. The lowest BCUT2D eigenvalue weighted by Gasteiger charge is -2.14. The number of halogens is 1. The first-order valence-corrected chi connectivity index (χ1v) is 6.52. The molecule has 1 aromatic carbocycles. The number of benzene rings is 1. The summed E-state index contributed by atoms with van der Waals surface area (Å²) < 4.78 is 19.0. The minimum absolute atomic E-state index is 0.0703. The number of ether oxygens (including phenoxy) is 1. The summed E-state index contributed by atoms with van der Waals surface area (Å²) in [5.41, 5.74) is 1.99. The standard InChI is InChI=1S/C15H20FNO/c1-2-3-10-18-11-9-17-15-8-7-12-13(15)5-4-6-14(12)16/h2,4-6,15,17H,1,3,7-11H2. The van der Waals surface area contributed by atoms with E-state index in [-0.39, 0.29) is 11.9 Å². The Morgan fingerprint density at radius 3 is 3.17 bits per heavy atom. The lowest BCUT2D eigenvalue weighted by molar-refractivity contribution is 0.138. The van der Waals surface area contributed by atoms with Gasteiger partial charge in [0.1, 0.15) is 5.82 Å². The van der Waals surface area contributed by atoms with Crippen LogP contribution in [-0.4, -0.2) is 19.8 Å². The lowest BCUT2D eigenvalue weighted by Crippen LogP contribution is -2.23. The third kappa shape index (κ3) is 3.18. The highest BCUT2D eigenvalue weighted by molar-refractivity contribution is 5.35. The fraction of sp³-hybridized carbons (Fsp3) is 0.467. The Morgan fingerprint density at radius 2 is 2.33 bits per heavy atom. The van der Waals surface area contributed by atoms with Gasteiger partial charge in [-0.3, -0.25) is 0 Å². The van der Waals surface area contributed by atoms with E-state index in [2.05, 4.69) is 11.9 Å². The van der Waals surface area contributed by atoms with Crippen molar-refractivity contribution in [3.8, 4) is 0 Å². The van der Waals surface area contributed by atoms with Crippen LogP contribution in [0.1, 0.15) is 30.0 Å². The van der Waals surface area contributed by atoms with Crippen LogP contribution in [0.25, 0.3) is 0 Å². The molecule has 0 amide bonds. The minimum Gasteiger partial charge on any atom is -0.380 e. The van der Waals surface area contributed by atoms with Gasteiger partial charge >= 0.3 is 0 Å². The molecule has 2 nitrogen and oxygen atoms in total. The molecule has 18 heavy (non-hydrogen) atoms. The van der Waals surface area contributed by atoms with Crippen molar-refractivity contribution < 1.29 is 9.13 Å². The molecule has 98 valence electrons. The van der Waals surface area contributed by atoms with E-state index in [1.807, 2.05) is 12.1 Å². The smallest absolute Gasteiger partial charge is 0.126 e. The van der Waals surface area contributed by atoms with E-state index in [0.717, 1.165) is 43.5 Å². The van der Waals surface area contributed by atoms with Crippen molar-refractivity contribution >= 4 is 0 Å². The number of rotatable bonds is 7. The number of hydrogen-bond donors (Lipinski definition) is 1. The van der Waals surface area contributed by atoms with Crippen molar-refractivity contribution in [2.75, 3.05) is 19.8 Å². The third-order valence-corrected chi connectivity index (χ3v) is 3.32. The zero-order valence-corrected chi connectivity index (χ0v) is 10.6. The molecule has 1 unspecified atom stereocenters. The van der Waals surface area contributed by atoms with Gasteiger partial charge in [-0.1, -0.05) is 18.2 Å². The van der Waals surface area contributed by atoms with Crippen LogP contribution in [0.15, 0.2) is 30.9 Å². The van der Waals surface area contributed by atoms with Gasteiger partial charge in [0.15, 0.2) is 0 Å². The molecule has 0 radical (unpaired) electrons. The van der Waals surface area contributed by atoms with Crippen molar-refractivity contribution in [2.24, 2.45) is 0 Å². The third-order valence-electron chi connectivity index (χ3n) is 3.32. The van der Waals surface area contributed by atoms with Crippen LogP contribution < -0.4 is 5.32 Å². The van der Waals surface area contributed by atoms with Crippen LogP contribution in [0.3, 0.4) is 0 Å². The highest BCUT2D eigenvalue weighted by Crippen LogP contribution is 2.32. The van der Waals surface area contributed by atoms with Crippen molar-refractivity contribution in [1.29, 1.82) is 0 Å². The molecule has 2 rings (SSSR count). The molecule has 0 fully saturated rings. The van der Waals surface area contributed by atoms with E-state index in [1.165, 1.54) is 0 Å². The van der Waals surface area contributed by atoms with Gasteiger partial charge in [0.2, 0.25) is 0 Å². The molecule has 1 aromatic rings. The number of hydrogen-bond acceptors (Lipinski definition) is 2. The van der Waals surface area contributed by atoms with E-state index in [1.54, 1.807) is 12.1 Å². The summed E-state index contributed by atoms with van der Waals surface area (Å²) in [7, 11) is 0. The summed E-state index contributed by atoms with van der Waals surface area (Å²) in [6, 6.07) is 5.62. The van der Waals surface area contributed by atoms with Crippen molar-refractivity contribution in [1.82, 2.24) is 5.32 Å². The Bertz CT molecular complexity index is 405. The maximum Gasteiger partial charge on any atom is 0.126 e. The normalized spacial score (nSPS) is 17.7. The van der Waals surface area contributed by atoms with Gasteiger partial charge in [-0.05, 0) is 36.5 Å². The summed E-state index contributed by atoms with van der Waals surface area (Å²) in [5.74, 6) is -0.0703. The van der Waals surface area contributed by atoms with Crippen LogP contribution in [0.5, 0.6) is 0 Å². The summed E-state index contributed by atoms with van der Waals surface area (Å²) in [5, 5.41) is 3.42. The molecular weight excluding hydrogens is 229 g/mol. The van der Waals surface area contributed by atoms with Crippen molar-refractivity contribution in [3.05, 3.63) is 47.8 Å². The van der Waals surface area contributed by atoms with E-state index in [9.17, 15) is 4.39 Å².